The van der Waals surface area contributed by atoms with Gasteiger partial charge in [0.15, 0.2) is 0 Å². The van der Waals surface area contributed by atoms with Gasteiger partial charge < -0.3 is 29.5 Å². The Bertz CT molecular complexity index is 3100. The first kappa shape index (κ1) is 56.7. The van der Waals surface area contributed by atoms with Crippen LogP contribution in [-0.2, 0) is 43.7 Å². The van der Waals surface area contributed by atoms with E-state index in [4.69, 9.17) is 32.7 Å². The molecule has 0 unspecified atom stereocenters. The number of halogens is 2. The third kappa shape index (κ3) is 12.0. The Kier molecular flexibility index (Phi) is 16.3. The molecule has 2 saturated carbocycles. The summed E-state index contributed by atoms with van der Waals surface area (Å²) in [5.74, 6) is 0.224. The van der Waals surface area contributed by atoms with Gasteiger partial charge in [-0.1, -0.05) is 73.5 Å². The van der Waals surface area contributed by atoms with Gasteiger partial charge in [0.05, 0.1) is 48.3 Å². The number of anilines is 2. The Morgan fingerprint density at radius 2 is 1.01 bits per heavy atom. The molecule has 4 aliphatic heterocycles. The molecule has 8 aliphatic rings. The maximum absolute atomic E-state index is 13.2. The van der Waals surface area contributed by atoms with Crippen LogP contribution in [0, 0.1) is 35.5 Å². The van der Waals surface area contributed by atoms with E-state index in [1.165, 1.54) is 22.3 Å². The number of allylic oxidation sites excluding steroid dienone is 2. The first-order chi connectivity index (χ1) is 38.2. The fourth-order valence-corrected chi connectivity index (χ4v) is 17.3. The van der Waals surface area contributed by atoms with E-state index in [1.807, 2.05) is 50.3 Å². The summed E-state index contributed by atoms with van der Waals surface area (Å²) in [4.78, 5) is 30.9. The van der Waals surface area contributed by atoms with E-state index in [0.29, 0.717) is 62.5 Å². The monoisotopic (exact) mass is 1170 g/mol. The smallest absolute Gasteiger partial charge is 0.264 e. The molecule has 14 nitrogen and oxygen atoms in total. The van der Waals surface area contributed by atoms with Crippen LogP contribution in [0.3, 0.4) is 0 Å². The van der Waals surface area contributed by atoms with Crippen LogP contribution in [0.4, 0.5) is 11.4 Å². The first-order valence-corrected chi connectivity index (χ1v) is 32.7. The van der Waals surface area contributed by atoms with Crippen LogP contribution in [0.2, 0.25) is 10.0 Å². The van der Waals surface area contributed by atoms with Gasteiger partial charge in [0.25, 0.3) is 11.8 Å². The van der Waals surface area contributed by atoms with Crippen LogP contribution < -0.4 is 28.7 Å². The number of carbonyl (C=O) groups excluding carboxylic acids is 2. The Labute approximate surface area is 481 Å². The van der Waals surface area contributed by atoms with E-state index in [9.17, 15) is 36.6 Å². The van der Waals surface area contributed by atoms with E-state index < -0.39 is 44.1 Å². The molecule has 2 fully saturated rings. The molecule has 18 heteroatoms. The summed E-state index contributed by atoms with van der Waals surface area (Å²) in [5.41, 5.74) is 6.67. The van der Waals surface area contributed by atoms with Crippen LogP contribution in [0.25, 0.3) is 0 Å². The molecule has 2 amide bonds. The molecule has 0 radical (unpaired) electrons. The predicted octanol–water partition coefficient (Wildman–Crippen LogP) is 9.71. The fraction of sp³-hybridized carbons (Fsp3) is 0.516. The number of hydrogen-bond donors (Lipinski definition) is 4. The zero-order chi connectivity index (χ0) is 56.1. The fourth-order valence-electron chi connectivity index (χ4n) is 14.2. The highest BCUT2D eigenvalue weighted by Crippen LogP contribution is 2.49. The summed E-state index contributed by atoms with van der Waals surface area (Å²) >= 11 is 12.7. The first-order valence-electron chi connectivity index (χ1n) is 28.7. The van der Waals surface area contributed by atoms with Gasteiger partial charge in [-0.2, -0.15) is 0 Å². The number of nitrogens with zero attached hydrogens (tertiary/aromatic N) is 2. The molecule has 10 atom stereocenters. The molecule has 4 heterocycles. The summed E-state index contributed by atoms with van der Waals surface area (Å²) in [6.07, 6.45) is 17.2. The van der Waals surface area contributed by atoms with Gasteiger partial charge in [-0.15, -0.1) is 0 Å². The third-order valence-corrected chi connectivity index (χ3v) is 22.1. The molecule has 4 aromatic carbocycles. The van der Waals surface area contributed by atoms with Gasteiger partial charge in [-0.3, -0.25) is 9.59 Å². The number of fused-ring (bicyclic) bond motifs is 8. The van der Waals surface area contributed by atoms with Crippen LogP contribution in [0.5, 0.6) is 11.5 Å². The second-order valence-corrected chi connectivity index (χ2v) is 28.9. The summed E-state index contributed by atoms with van der Waals surface area (Å²) < 4.78 is 68.7. The van der Waals surface area contributed by atoms with Crippen molar-refractivity contribution in [1.29, 1.82) is 0 Å². The Morgan fingerprint density at radius 1 is 0.588 bits per heavy atom. The Hall–Kier alpha value is -5.10. The van der Waals surface area contributed by atoms with Crippen molar-refractivity contribution >= 4 is 66.4 Å². The molecule has 0 aromatic heterocycles. The van der Waals surface area contributed by atoms with Crippen molar-refractivity contribution in [2.45, 2.75) is 114 Å². The lowest BCUT2D eigenvalue weighted by molar-refractivity contribution is 0.0454. The lowest BCUT2D eigenvalue weighted by Crippen LogP contribution is -2.49. The van der Waals surface area contributed by atoms with Gasteiger partial charge in [-0.05, 0) is 195 Å². The molecular weight excluding hydrogens is 1100 g/mol. The van der Waals surface area contributed by atoms with Crippen molar-refractivity contribution in [2.24, 2.45) is 35.5 Å². The lowest BCUT2D eigenvalue weighted by atomic mass is 9.68. The number of ether oxygens (including phenoxy) is 2. The summed E-state index contributed by atoms with van der Waals surface area (Å²) in [6, 6.07) is 22.7. The second-order valence-electron chi connectivity index (χ2n) is 24.5. The van der Waals surface area contributed by atoms with Crippen LogP contribution >= 0.6 is 23.2 Å². The molecule has 80 heavy (non-hydrogen) atoms. The maximum atomic E-state index is 13.2. The number of aliphatic hydroxyl groups is 2. The van der Waals surface area contributed by atoms with Crippen LogP contribution in [-0.4, -0.2) is 102 Å². The molecular formula is C62H74Cl2N4O10S2. The van der Waals surface area contributed by atoms with Crippen molar-refractivity contribution in [3.63, 3.8) is 0 Å². The predicted molar refractivity (Wildman–Crippen MR) is 313 cm³/mol. The highest BCUT2D eigenvalue weighted by atomic mass is 35.5. The van der Waals surface area contributed by atoms with Crippen molar-refractivity contribution in [2.75, 3.05) is 60.7 Å². The van der Waals surface area contributed by atoms with Crippen molar-refractivity contribution in [3.05, 3.63) is 141 Å². The van der Waals surface area contributed by atoms with E-state index in [0.717, 1.165) is 98.7 Å². The summed E-state index contributed by atoms with van der Waals surface area (Å²) in [6.45, 7) is 7.51. The average molecular weight is 1170 g/mol. The van der Waals surface area contributed by atoms with Crippen LogP contribution in [0.1, 0.15) is 121 Å². The number of amides is 2. The lowest BCUT2D eigenvalue weighted by Gasteiger charge is -2.45. The maximum Gasteiger partial charge on any atom is 0.264 e. The zero-order valence-electron chi connectivity index (χ0n) is 45.6. The molecule has 4 aliphatic carbocycles. The molecule has 4 N–H and O–H groups in total. The molecule has 4 aromatic rings. The quantitative estimate of drug-likeness (QED) is 0.122. The minimum atomic E-state index is -3.83. The van der Waals surface area contributed by atoms with E-state index in [1.54, 1.807) is 36.4 Å². The number of nitrogens with one attached hydrogen (secondary N) is 2. The molecule has 428 valence electrons. The van der Waals surface area contributed by atoms with E-state index in [2.05, 4.69) is 43.5 Å². The van der Waals surface area contributed by atoms with Crippen LogP contribution in [0.15, 0.2) is 97.1 Å². The Balaban J connectivity index is 0.000000169. The highest BCUT2D eigenvalue weighted by molar-refractivity contribution is 7.90. The summed E-state index contributed by atoms with van der Waals surface area (Å²) in [7, 11) is -7.66. The topological polar surface area (TPSA) is 192 Å². The Morgan fingerprint density at radius 3 is 1.41 bits per heavy atom. The summed E-state index contributed by atoms with van der Waals surface area (Å²) in [5, 5.41) is 23.5. The van der Waals surface area contributed by atoms with E-state index in [-0.39, 0.29) is 57.1 Å². The number of aryl methyl sites for hydroxylation is 2. The van der Waals surface area contributed by atoms with E-state index >= 15 is 0 Å². The number of hydrogen-bond acceptors (Lipinski definition) is 12. The SMILES string of the molecule is C[C@@H]1C/C=C/[C@@H](O)[C@@H]2CC[C@H]2CN2C[C@@]3(CCCc4cc(Cl)ccc43)COc3ccc(cc32)C(=O)NS(=O)(=O)C1.C[C@H]1C/C=C/[C@@H](O)[C@@H]2CC[C@H]2CN2C[C@@]3(CCCc4cc(Cl)ccc43)COc3ccc(cc32)C(=O)NS(=O)(=O)C1. The molecule has 4 bridgehead atoms. The third-order valence-electron chi connectivity index (χ3n) is 18.6. The molecule has 12 rings (SSSR count). The zero-order valence-corrected chi connectivity index (χ0v) is 48.8. The number of aliphatic hydroxyl groups excluding tert-OH is 2. The van der Waals surface area contributed by atoms with Crippen molar-refractivity contribution in [3.8, 4) is 11.5 Å². The van der Waals surface area contributed by atoms with Crippen molar-refractivity contribution < 1.29 is 46.1 Å². The standard InChI is InChI=1S/2C31H37ClN2O5S/c2*1-20-4-2-6-28(35)25-10-7-23(25)16-34-18-31(13-3-5-21-14-24(32)9-11-26(21)31)19-39-29-12-8-22(15-27(29)34)30(36)33-40(37,38)17-20/h2*2,6,8-9,11-12,14-15,20,23,25,28,35H,3-5,7,10,13,16-19H2,1H3,(H,33,36)/b2*6-2+/t20-,23+,25-,28-,31+;20-,23-,25+,28+,31-/m10/s1. The minimum absolute atomic E-state index is 0.135. The van der Waals surface area contributed by atoms with Gasteiger partial charge in [0.1, 0.15) is 11.5 Å². The number of carbonyl (C=O) groups is 2. The van der Waals surface area contributed by atoms with Gasteiger partial charge in [-0.25, -0.2) is 26.3 Å². The van der Waals surface area contributed by atoms with Gasteiger partial charge in [0, 0.05) is 58.2 Å². The second kappa shape index (κ2) is 22.9. The highest BCUT2D eigenvalue weighted by Gasteiger charge is 2.46. The molecule has 2 spiro atoms. The average Bonchev–Trinajstić information content (AvgIpc) is 3.86. The number of sulfonamides is 2. The van der Waals surface area contributed by atoms with Gasteiger partial charge >= 0.3 is 0 Å². The molecule has 0 saturated heterocycles. The van der Waals surface area contributed by atoms with Gasteiger partial charge in [0.2, 0.25) is 20.0 Å². The number of rotatable bonds is 0. The minimum Gasteiger partial charge on any atom is -0.490 e. The largest absolute Gasteiger partial charge is 0.490 e. The normalized spacial score (nSPS) is 32.5. The van der Waals surface area contributed by atoms with Crippen molar-refractivity contribution in [1.82, 2.24) is 9.44 Å². The number of benzene rings is 4.